The Morgan fingerprint density at radius 3 is 2.49 bits per heavy atom. The van der Waals surface area contributed by atoms with E-state index < -0.39 is 17.6 Å². The summed E-state index contributed by atoms with van der Waals surface area (Å²) in [4.78, 5) is 22.2. The van der Waals surface area contributed by atoms with Gasteiger partial charge in [0.2, 0.25) is 0 Å². The van der Waals surface area contributed by atoms with Crippen molar-refractivity contribution in [2.24, 2.45) is 0 Å². The third-order valence-corrected chi connectivity index (χ3v) is 7.68. The Morgan fingerprint density at radius 2 is 1.76 bits per heavy atom. The monoisotopic (exact) mass is 622 g/mol. The molecule has 1 saturated heterocycles. The van der Waals surface area contributed by atoms with E-state index in [1.165, 1.54) is 12.1 Å². The number of carbonyl (C=O) groups excluding carboxylic acids is 1. The molecule has 4 aromatic rings. The number of alkyl halides is 3. The lowest BCUT2D eigenvalue weighted by Gasteiger charge is -2.34. The minimum Gasteiger partial charge on any atom is -0.388 e. The van der Waals surface area contributed by atoms with E-state index >= 15 is 0 Å². The maximum absolute atomic E-state index is 13.2. The standard InChI is InChI=1S/C32H37F3N8O2/c1-22-7-8-26(38-31(44)23-5-4-6-24(17-23)32(33,34)35)18-28(22)39-30-20-27(21-42-13-11-41(12-14-42)15-16-45-3)40-43(30)29-19-25(36-2)9-10-37-29/h4-10,17-20,39H,11-16,21H2,1-3H3,(H,36,37)(H,38,44). The van der Waals surface area contributed by atoms with E-state index in [2.05, 4.69) is 30.7 Å². The summed E-state index contributed by atoms with van der Waals surface area (Å²) in [7, 11) is 3.55. The molecule has 5 rings (SSSR count). The van der Waals surface area contributed by atoms with E-state index in [9.17, 15) is 18.0 Å². The second kappa shape index (κ2) is 14.1. The van der Waals surface area contributed by atoms with Crippen LogP contribution >= 0.6 is 0 Å². The van der Waals surface area contributed by atoms with Crippen LogP contribution in [0.5, 0.6) is 0 Å². The van der Waals surface area contributed by atoms with Gasteiger partial charge in [0.1, 0.15) is 5.82 Å². The van der Waals surface area contributed by atoms with Gasteiger partial charge in [0.05, 0.1) is 17.9 Å². The summed E-state index contributed by atoms with van der Waals surface area (Å²) in [6.45, 7) is 7.97. The minimum atomic E-state index is -4.54. The summed E-state index contributed by atoms with van der Waals surface area (Å²) in [5, 5.41) is 14.2. The zero-order valence-corrected chi connectivity index (χ0v) is 25.5. The quantitative estimate of drug-likeness (QED) is 0.205. The molecule has 0 saturated carbocycles. The summed E-state index contributed by atoms with van der Waals surface area (Å²) >= 11 is 0. The summed E-state index contributed by atoms with van der Waals surface area (Å²) in [6, 6.07) is 15.4. The van der Waals surface area contributed by atoms with Gasteiger partial charge in [0.15, 0.2) is 5.82 Å². The minimum absolute atomic E-state index is 0.0855. The number of pyridine rings is 1. The van der Waals surface area contributed by atoms with E-state index in [1.54, 1.807) is 30.1 Å². The van der Waals surface area contributed by atoms with Crippen LogP contribution in [0.25, 0.3) is 5.82 Å². The molecule has 3 N–H and O–H groups in total. The molecule has 0 aliphatic carbocycles. The van der Waals surface area contributed by atoms with E-state index in [4.69, 9.17) is 9.84 Å². The van der Waals surface area contributed by atoms with Crippen molar-refractivity contribution in [1.82, 2.24) is 24.6 Å². The zero-order valence-electron chi connectivity index (χ0n) is 25.5. The van der Waals surface area contributed by atoms with Gasteiger partial charge in [-0.2, -0.15) is 23.0 Å². The number of ether oxygens (including phenoxy) is 1. The molecule has 0 atom stereocenters. The van der Waals surface area contributed by atoms with Crippen LogP contribution in [-0.2, 0) is 17.5 Å². The molecule has 2 aromatic carbocycles. The lowest BCUT2D eigenvalue weighted by Crippen LogP contribution is -2.46. The first-order chi connectivity index (χ1) is 21.6. The Hall–Kier alpha value is -4.46. The number of hydrogen-bond donors (Lipinski definition) is 3. The highest BCUT2D eigenvalue weighted by atomic mass is 19.4. The number of piperazine rings is 1. The number of aromatic nitrogens is 3. The van der Waals surface area contributed by atoms with Crippen LogP contribution in [0.3, 0.4) is 0 Å². The topological polar surface area (TPSA) is 99.6 Å². The smallest absolute Gasteiger partial charge is 0.388 e. The molecule has 0 radical (unpaired) electrons. The molecule has 10 nitrogen and oxygen atoms in total. The Labute approximate surface area is 260 Å². The van der Waals surface area contributed by atoms with Gasteiger partial charge in [-0.1, -0.05) is 12.1 Å². The molecular formula is C32H37F3N8O2. The van der Waals surface area contributed by atoms with E-state index in [-0.39, 0.29) is 5.56 Å². The Balaban J connectivity index is 1.37. The van der Waals surface area contributed by atoms with Crippen LogP contribution < -0.4 is 16.0 Å². The third-order valence-electron chi connectivity index (χ3n) is 7.68. The van der Waals surface area contributed by atoms with E-state index in [1.807, 2.05) is 38.2 Å². The van der Waals surface area contributed by atoms with Gasteiger partial charge in [0.25, 0.3) is 5.91 Å². The SMILES string of the molecule is CNc1ccnc(-n2nc(CN3CCN(CCOC)CC3)cc2Nc2cc(NC(=O)c3cccc(C(F)(F)F)c3)ccc2C)c1. The highest BCUT2D eigenvalue weighted by molar-refractivity contribution is 6.04. The molecule has 1 amide bonds. The van der Waals surface area contributed by atoms with Crippen LogP contribution in [0, 0.1) is 6.92 Å². The maximum atomic E-state index is 13.2. The number of halogens is 3. The number of methoxy groups -OCH3 is 1. The van der Waals surface area contributed by atoms with Crippen molar-refractivity contribution < 1.29 is 22.7 Å². The van der Waals surface area contributed by atoms with E-state index in [0.29, 0.717) is 36.2 Å². The van der Waals surface area contributed by atoms with Gasteiger partial charge in [-0.15, -0.1) is 0 Å². The molecule has 0 unspecified atom stereocenters. The van der Waals surface area contributed by atoms with Crippen LogP contribution in [0.15, 0.2) is 66.9 Å². The second-order valence-electron chi connectivity index (χ2n) is 10.9. The molecule has 2 aromatic heterocycles. The summed E-state index contributed by atoms with van der Waals surface area (Å²) in [5.41, 5.74) is 2.80. The molecule has 13 heteroatoms. The molecular weight excluding hydrogens is 585 g/mol. The van der Waals surface area contributed by atoms with Gasteiger partial charge in [-0.05, 0) is 48.9 Å². The van der Waals surface area contributed by atoms with Crippen molar-refractivity contribution in [3.05, 3.63) is 89.2 Å². The molecule has 1 aliphatic heterocycles. The highest BCUT2D eigenvalue weighted by Gasteiger charge is 2.31. The first-order valence-corrected chi connectivity index (χ1v) is 14.7. The zero-order chi connectivity index (χ0) is 32.0. The fourth-order valence-corrected chi connectivity index (χ4v) is 5.09. The predicted molar refractivity (Wildman–Crippen MR) is 168 cm³/mol. The first-order valence-electron chi connectivity index (χ1n) is 14.7. The Bertz CT molecular complexity index is 1620. The summed E-state index contributed by atoms with van der Waals surface area (Å²) in [6.07, 6.45) is -2.83. The van der Waals surface area contributed by atoms with Crippen molar-refractivity contribution in [2.45, 2.75) is 19.6 Å². The maximum Gasteiger partial charge on any atom is 0.416 e. The van der Waals surface area contributed by atoms with Crippen molar-refractivity contribution in [3.63, 3.8) is 0 Å². The van der Waals surface area contributed by atoms with Gasteiger partial charge < -0.3 is 20.7 Å². The second-order valence-corrected chi connectivity index (χ2v) is 10.9. The lowest BCUT2D eigenvalue weighted by atomic mass is 10.1. The fraction of sp³-hybridized carbons (Fsp3) is 0.344. The number of anilines is 4. The summed E-state index contributed by atoms with van der Waals surface area (Å²) < 4.78 is 46.5. The van der Waals surface area contributed by atoms with Gasteiger partial charge in [-0.25, -0.2) is 4.98 Å². The predicted octanol–water partition coefficient (Wildman–Crippen LogP) is 5.40. The van der Waals surface area contributed by atoms with Crippen molar-refractivity contribution >= 4 is 28.8 Å². The number of rotatable bonds is 11. The average molecular weight is 623 g/mol. The van der Waals surface area contributed by atoms with Crippen LogP contribution in [-0.4, -0.2) is 84.0 Å². The molecule has 1 fully saturated rings. The Morgan fingerprint density at radius 1 is 0.978 bits per heavy atom. The molecule has 3 heterocycles. The number of aryl methyl sites for hydroxylation is 1. The largest absolute Gasteiger partial charge is 0.416 e. The third kappa shape index (κ3) is 8.18. The van der Waals surface area contributed by atoms with Crippen molar-refractivity contribution in [2.75, 3.05) is 69.4 Å². The number of amides is 1. The lowest BCUT2D eigenvalue weighted by molar-refractivity contribution is -0.137. The molecule has 45 heavy (non-hydrogen) atoms. The van der Waals surface area contributed by atoms with Crippen molar-refractivity contribution in [3.8, 4) is 5.82 Å². The van der Waals surface area contributed by atoms with Gasteiger partial charge in [-0.3, -0.25) is 14.6 Å². The fourth-order valence-electron chi connectivity index (χ4n) is 5.09. The molecule has 0 spiro atoms. The Kier molecular flexibility index (Phi) is 10.0. The average Bonchev–Trinajstić information content (AvgIpc) is 3.43. The van der Waals surface area contributed by atoms with Crippen molar-refractivity contribution in [1.29, 1.82) is 0 Å². The van der Waals surface area contributed by atoms with Crippen LogP contribution in [0.1, 0.15) is 27.2 Å². The highest BCUT2D eigenvalue weighted by Crippen LogP contribution is 2.31. The van der Waals surface area contributed by atoms with E-state index in [0.717, 1.165) is 61.8 Å². The van der Waals surface area contributed by atoms with Gasteiger partial charge in [0, 0.05) is 94.4 Å². The molecule has 1 aliphatic rings. The van der Waals surface area contributed by atoms with Crippen LogP contribution in [0.4, 0.5) is 36.1 Å². The van der Waals surface area contributed by atoms with Gasteiger partial charge >= 0.3 is 6.18 Å². The van der Waals surface area contributed by atoms with Crippen LogP contribution in [0.2, 0.25) is 0 Å². The molecule has 0 bridgehead atoms. The normalized spacial score (nSPS) is 14.4. The number of benzene rings is 2. The molecule has 238 valence electrons. The number of hydrogen-bond acceptors (Lipinski definition) is 8. The number of nitrogens with one attached hydrogen (secondary N) is 3. The first kappa shape index (κ1) is 31.9. The summed E-state index contributed by atoms with van der Waals surface area (Å²) in [5.74, 6) is 0.652. The number of nitrogens with zero attached hydrogens (tertiary/aromatic N) is 5. The number of carbonyl (C=O) groups is 1.